The zero-order chi connectivity index (χ0) is 10.7. The van der Waals surface area contributed by atoms with Crippen LogP contribution in [0.5, 0.6) is 0 Å². The van der Waals surface area contributed by atoms with Gasteiger partial charge in [0.15, 0.2) is 0 Å². The van der Waals surface area contributed by atoms with Gasteiger partial charge < -0.3 is 15.8 Å². The Kier molecular flexibility index (Phi) is 3.56. The van der Waals surface area contributed by atoms with E-state index in [-0.39, 0.29) is 11.9 Å². The number of nitrogens with one attached hydrogen (secondary N) is 1. The van der Waals surface area contributed by atoms with Gasteiger partial charge in [-0.1, -0.05) is 0 Å². The van der Waals surface area contributed by atoms with Gasteiger partial charge in [0.25, 0.3) is 0 Å². The van der Waals surface area contributed by atoms with Gasteiger partial charge in [-0.2, -0.15) is 0 Å². The third kappa shape index (κ3) is 2.68. The van der Waals surface area contributed by atoms with Crippen molar-refractivity contribution in [3.8, 4) is 0 Å². The lowest BCUT2D eigenvalue weighted by Crippen LogP contribution is -2.55. The molecule has 1 unspecified atom stereocenters. The van der Waals surface area contributed by atoms with Gasteiger partial charge in [-0.15, -0.1) is 0 Å². The van der Waals surface area contributed by atoms with Crippen molar-refractivity contribution in [1.82, 2.24) is 10.2 Å². The molecule has 2 heterocycles. The lowest BCUT2D eigenvalue weighted by atomic mass is 10.1. The lowest BCUT2D eigenvalue weighted by molar-refractivity contribution is -0.129. The summed E-state index contributed by atoms with van der Waals surface area (Å²) in [6, 6.07) is 0.283. The fourth-order valence-corrected chi connectivity index (χ4v) is 2.31. The molecule has 0 aromatic heterocycles. The maximum absolute atomic E-state index is 11.2. The predicted octanol–water partition coefficient (Wildman–Crippen LogP) is -1.08. The maximum atomic E-state index is 11.2. The zero-order valence-corrected chi connectivity index (χ0v) is 8.95. The summed E-state index contributed by atoms with van der Waals surface area (Å²) < 4.78 is 5.28. The summed E-state index contributed by atoms with van der Waals surface area (Å²) in [7, 11) is 0. The first-order valence-electron chi connectivity index (χ1n) is 5.62. The molecule has 1 amide bonds. The van der Waals surface area contributed by atoms with Crippen LogP contribution in [-0.4, -0.2) is 55.7 Å². The van der Waals surface area contributed by atoms with Crippen LogP contribution in [0.3, 0.4) is 0 Å². The molecule has 2 atom stereocenters. The Morgan fingerprint density at radius 3 is 3.13 bits per heavy atom. The van der Waals surface area contributed by atoms with E-state index in [4.69, 9.17) is 10.5 Å². The van der Waals surface area contributed by atoms with Crippen molar-refractivity contribution in [2.75, 3.05) is 32.8 Å². The van der Waals surface area contributed by atoms with E-state index in [0.29, 0.717) is 19.3 Å². The molecule has 2 aliphatic heterocycles. The largest absolute Gasteiger partial charge is 0.378 e. The van der Waals surface area contributed by atoms with Crippen LogP contribution in [0.2, 0.25) is 0 Å². The molecule has 2 saturated heterocycles. The van der Waals surface area contributed by atoms with Crippen molar-refractivity contribution in [2.45, 2.75) is 24.9 Å². The van der Waals surface area contributed by atoms with Gasteiger partial charge in [0.1, 0.15) is 6.04 Å². The number of carbonyl (C=O) groups is 1. The highest BCUT2D eigenvalue weighted by Crippen LogP contribution is 2.12. The molecule has 0 saturated carbocycles. The molecule has 3 N–H and O–H groups in total. The molecule has 2 fully saturated rings. The molecule has 2 aliphatic rings. The van der Waals surface area contributed by atoms with Gasteiger partial charge in [-0.3, -0.25) is 9.69 Å². The van der Waals surface area contributed by atoms with E-state index in [1.165, 1.54) is 12.8 Å². The highest BCUT2D eigenvalue weighted by atomic mass is 16.5. The van der Waals surface area contributed by atoms with Crippen LogP contribution in [0.25, 0.3) is 0 Å². The first-order chi connectivity index (χ1) is 7.27. The molecular weight excluding hydrogens is 194 g/mol. The minimum atomic E-state index is -0.271. The summed E-state index contributed by atoms with van der Waals surface area (Å²) in [4.78, 5) is 13.4. The summed E-state index contributed by atoms with van der Waals surface area (Å²) in [6.07, 6.45) is 2.43. The number of primary amides is 1. The predicted molar refractivity (Wildman–Crippen MR) is 56.4 cm³/mol. The number of rotatable bonds is 3. The average Bonchev–Trinajstić information content (AvgIpc) is 2.71. The normalized spacial score (nSPS) is 33.1. The standard InChI is InChI=1S/C10H19N3O2/c11-10(14)9-7-15-5-4-13(9)6-8-2-1-3-12-8/h8-9,12H,1-7H2,(H2,11,14)/t8-,9?/m1/s1. The molecule has 86 valence electrons. The van der Waals surface area contributed by atoms with Crippen LogP contribution in [0.4, 0.5) is 0 Å². The van der Waals surface area contributed by atoms with E-state index < -0.39 is 0 Å². The van der Waals surface area contributed by atoms with Crippen LogP contribution in [-0.2, 0) is 9.53 Å². The van der Waals surface area contributed by atoms with E-state index in [0.717, 1.165) is 19.6 Å². The summed E-state index contributed by atoms with van der Waals surface area (Å²) in [5.74, 6) is -0.271. The molecule has 0 aromatic carbocycles. The van der Waals surface area contributed by atoms with Crippen LogP contribution in [0, 0.1) is 0 Å². The maximum Gasteiger partial charge on any atom is 0.237 e. The van der Waals surface area contributed by atoms with Crippen LogP contribution < -0.4 is 11.1 Å². The second-order valence-electron chi connectivity index (χ2n) is 4.28. The van der Waals surface area contributed by atoms with Crippen molar-refractivity contribution < 1.29 is 9.53 Å². The first kappa shape index (κ1) is 10.9. The van der Waals surface area contributed by atoms with Gasteiger partial charge in [0, 0.05) is 19.1 Å². The van der Waals surface area contributed by atoms with Crippen LogP contribution >= 0.6 is 0 Å². The fourth-order valence-electron chi connectivity index (χ4n) is 2.31. The number of ether oxygens (including phenoxy) is 1. The van der Waals surface area contributed by atoms with E-state index >= 15 is 0 Å². The molecule has 0 aliphatic carbocycles. The minimum Gasteiger partial charge on any atom is -0.378 e. The third-order valence-corrected chi connectivity index (χ3v) is 3.19. The summed E-state index contributed by atoms with van der Waals surface area (Å²) >= 11 is 0. The van der Waals surface area contributed by atoms with E-state index in [2.05, 4.69) is 10.2 Å². The quantitative estimate of drug-likeness (QED) is 0.626. The van der Waals surface area contributed by atoms with E-state index in [9.17, 15) is 4.79 Å². The molecule has 15 heavy (non-hydrogen) atoms. The van der Waals surface area contributed by atoms with E-state index in [1.54, 1.807) is 0 Å². The highest BCUT2D eigenvalue weighted by molar-refractivity contribution is 5.80. The second-order valence-corrected chi connectivity index (χ2v) is 4.28. The number of nitrogens with two attached hydrogens (primary N) is 1. The second kappa shape index (κ2) is 4.92. The molecule has 5 nitrogen and oxygen atoms in total. The third-order valence-electron chi connectivity index (χ3n) is 3.19. The highest BCUT2D eigenvalue weighted by Gasteiger charge is 2.29. The molecule has 0 radical (unpaired) electrons. The zero-order valence-electron chi connectivity index (χ0n) is 8.95. The van der Waals surface area contributed by atoms with Gasteiger partial charge in [0.2, 0.25) is 5.91 Å². The number of amides is 1. The van der Waals surface area contributed by atoms with Crippen molar-refractivity contribution in [3.63, 3.8) is 0 Å². The lowest BCUT2D eigenvalue weighted by Gasteiger charge is -2.35. The van der Waals surface area contributed by atoms with Gasteiger partial charge in [-0.05, 0) is 19.4 Å². The Balaban J connectivity index is 1.89. The molecule has 2 rings (SSSR count). The Bertz CT molecular complexity index is 229. The average molecular weight is 213 g/mol. The SMILES string of the molecule is NC(=O)C1COCCN1C[C@H]1CCCN1. The van der Waals surface area contributed by atoms with Gasteiger partial charge >= 0.3 is 0 Å². The van der Waals surface area contributed by atoms with Gasteiger partial charge in [-0.25, -0.2) is 0 Å². The molecule has 0 spiro atoms. The monoisotopic (exact) mass is 213 g/mol. The number of carbonyl (C=O) groups excluding carboxylic acids is 1. The number of nitrogens with zero attached hydrogens (tertiary/aromatic N) is 1. The Morgan fingerprint density at radius 1 is 1.60 bits per heavy atom. The van der Waals surface area contributed by atoms with Crippen molar-refractivity contribution in [3.05, 3.63) is 0 Å². The van der Waals surface area contributed by atoms with Crippen molar-refractivity contribution >= 4 is 5.91 Å². The Labute approximate surface area is 89.9 Å². The van der Waals surface area contributed by atoms with Crippen LogP contribution in [0.1, 0.15) is 12.8 Å². The smallest absolute Gasteiger partial charge is 0.237 e. The first-order valence-corrected chi connectivity index (χ1v) is 5.62. The molecule has 0 bridgehead atoms. The number of hydrogen-bond acceptors (Lipinski definition) is 4. The fraction of sp³-hybridized carbons (Fsp3) is 0.900. The number of hydrogen-bond donors (Lipinski definition) is 2. The Hall–Kier alpha value is -0.650. The van der Waals surface area contributed by atoms with Gasteiger partial charge in [0.05, 0.1) is 13.2 Å². The molecular formula is C10H19N3O2. The molecule has 5 heteroatoms. The summed E-state index contributed by atoms with van der Waals surface area (Å²) in [5, 5.41) is 3.43. The minimum absolute atomic E-state index is 0.235. The Morgan fingerprint density at radius 2 is 2.47 bits per heavy atom. The summed E-state index contributed by atoms with van der Waals surface area (Å²) in [6.45, 7) is 3.97. The van der Waals surface area contributed by atoms with E-state index in [1.807, 2.05) is 0 Å². The number of morpholine rings is 1. The molecule has 0 aromatic rings. The van der Waals surface area contributed by atoms with Crippen molar-refractivity contribution in [1.29, 1.82) is 0 Å². The van der Waals surface area contributed by atoms with Crippen LogP contribution in [0.15, 0.2) is 0 Å². The van der Waals surface area contributed by atoms with Crippen molar-refractivity contribution in [2.24, 2.45) is 5.73 Å². The summed E-state index contributed by atoms with van der Waals surface area (Å²) in [5.41, 5.74) is 5.35. The topological polar surface area (TPSA) is 67.6 Å².